The number of carbonyl (C=O) groups excluding carboxylic acids is 1. The molecule has 3 rings (SSSR count). The Morgan fingerprint density at radius 1 is 1.21 bits per heavy atom. The van der Waals surface area contributed by atoms with Crippen molar-refractivity contribution >= 4 is 56.3 Å². The lowest BCUT2D eigenvalue weighted by Gasteiger charge is -2.19. The Bertz CT molecular complexity index is 1310. The van der Waals surface area contributed by atoms with Crippen molar-refractivity contribution in [1.29, 1.82) is 5.26 Å². The molecule has 1 atom stereocenters. The van der Waals surface area contributed by atoms with E-state index in [4.69, 9.17) is 10.2 Å². The number of carbonyl (C=O) groups is 3. The molecule has 0 saturated heterocycles. The van der Waals surface area contributed by atoms with Gasteiger partial charge in [-0.25, -0.2) is 9.78 Å². The van der Waals surface area contributed by atoms with Crippen LogP contribution in [0.15, 0.2) is 52.4 Å². The van der Waals surface area contributed by atoms with Crippen LogP contribution in [0.3, 0.4) is 0 Å². The Balaban J connectivity index is 1.97. The molecule has 0 fully saturated rings. The van der Waals surface area contributed by atoms with Crippen molar-refractivity contribution < 1.29 is 33.4 Å². The third-order valence-corrected chi connectivity index (χ3v) is 5.89. The SMILES string of the molecule is N#Cc1ccc(-n2c(Br)cnc2SC(F)(F)C(=O)NC(CC(=O)O)C(=O)O)c2ccccc12. The van der Waals surface area contributed by atoms with Gasteiger partial charge in [0.25, 0.3) is 0 Å². The average Bonchev–Trinajstić information content (AvgIpc) is 3.11. The fraction of sp³-hybridized carbons (Fsp3) is 0.150. The predicted molar refractivity (Wildman–Crippen MR) is 116 cm³/mol. The molecule has 2 aromatic carbocycles. The lowest BCUT2D eigenvalue weighted by molar-refractivity contribution is -0.149. The highest BCUT2D eigenvalue weighted by atomic mass is 79.9. The van der Waals surface area contributed by atoms with Crippen LogP contribution in [-0.4, -0.2) is 48.9 Å². The minimum Gasteiger partial charge on any atom is -0.481 e. The number of carboxylic acids is 2. The van der Waals surface area contributed by atoms with E-state index >= 15 is 0 Å². The summed E-state index contributed by atoms with van der Waals surface area (Å²) in [6, 6.07) is 9.92. The number of aliphatic carboxylic acids is 2. The Morgan fingerprint density at radius 2 is 1.88 bits per heavy atom. The highest BCUT2D eigenvalue weighted by Crippen LogP contribution is 2.39. The van der Waals surface area contributed by atoms with Crippen LogP contribution in [0.4, 0.5) is 8.78 Å². The zero-order chi connectivity index (χ0) is 24.3. The van der Waals surface area contributed by atoms with E-state index in [1.165, 1.54) is 16.8 Å². The second-order valence-electron chi connectivity index (χ2n) is 6.57. The summed E-state index contributed by atoms with van der Waals surface area (Å²) in [5, 5.41) is 25.3. The first kappa shape index (κ1) is 24.1. The van der Waals surface area contributed by atoms with E-state index in [-0.39, 0.29) is 21.5 Å². The molecule has 1 aromatic heterocycles. The van der Waals surface area contributed by atoms with Gasteiger partial charge in [-0.15, -0.1) is 0 Å². The number of imidazole rings is 1. The zero-order valence-corrected chi connectivity index (χ0v) is 18.7. The number of halogens is 3. The maximum Gasteiger partial charge on any atom is 0.377 e. The standard InChI is InChI=1S/C20H13BrF2N4O5S/c21-15-9-25-19(33-20(22,23)18(32)26-13(17(30)31)7-16(28)29)27(15)14-6-5-10(8-24)11-3-1-2-4-12(11)14/h1-6,9,13H,7H2,(H,26,32)(H,28,29)(H,30,31). The van der Waals surface area contributed by atoms with Crippen LogP contribution in [0.2, 0.25) is 0 Å². The number of nitriles is 1. The van der Waals surface area contributed by atoms with Crippen LogP contribution in [0.25, 0.3) is 16.5 Å². The second kappa shape index (κ2) is 9.55. The third kappa shape index (κ3) is 5.12. The number of amides is 1. The fourth-order valence-corrected chi connectivity index (χ4v) is 4.31. The van der Waals surface area contributed by atoms with Gasteiger partial charge in [-0.1, -0.05) is 24.3 Å². The molecule has 9 nitrogen and oxygen atoms in total. The molecule has 3 N–H and O–H groups in total. The topological polar surface area (TPSA) is 145 Å². The summed E-state index contributed by atoms with van der Waals surface area (Å²) in [6.07, 6.45) is 0.174. The average molecular weight is 539 g/mol. The molecule has 3 aromatic rings. The van der Waals surface area contributed by atoms with Crippen LogP contribution in [0, 0.1) is 11.3 Å². The summed E-state index contributed by atoms with van der Waals surface area (Å²) >= 11 is 3.00. The number of nitrogens with zero attached hydrogens (tertiary/aromatic N) is 3. The number of nitrogens with one attached hydrogen (secondary N) is 1. The van der Waals surface area contributed by atoms with Crippen molar-refractivity contribution in [3.05, 3.63) is 52.8 Å². The first-order valence-electron chi connectivity index (χ1n) is 9.03. The summed E-state index contributed by atoms with van der Waals surface area (Å²) < 4.78 is 31.0. The van der Waals surface area contributed by atoms with Gasteiger partial charge < -0.3 is 15.5 Å². The maximum absolute atomic E-state index is 14.7. The summed E-state index contributed by atoms with van der Waals surface area (Å²) in [5.74, 6) is -5.32. The highest BCUT2D eigenvalue weighted by molar-refractivity contribution is 9.10. The Morgan fingerprint density at radius 3 is 2.48 bits per heavy atom. The van der Waals surface area contributed by atoms with Crippen molar-refractivity contribution in [1.82, 2.24) is 14.9 Å². The molecule has 1 heterocycles. The van der Waals surface area contributed by atoms with Gasteiger partial charge >= 0.3 is 23.1 Å². The van der Waals surface area contributed by atoms with Gasteiger partial charge in [0.15, 0.2) is 5.16 Å². The predicted octanol–water partition coefficient (Wildman–Crippen LogP) is 3.39. The normalized spacial score (nSPS) is 12.2. The summed E-state index contributed by atoms with van der Waals surface area (Å²) in [5.41, 5.74) is 0.782. The lowest BCUT2D eigenvalue weighted by Crippen LogP contribution is -2.48. The van der Waals surface area contributed by atoms with Gasteiger partial charge in [0.05, 0.1) is 29.9 Å². The molecule has 33 heavy (non-hydrogen) atoms. The number of benzene rings is 2. The van der Waals surface area contributed by atoms with Crippen LogP contribution < -0.4 is 5.32 Å². The molecule has 0 aliphatic rings. The van der Waals surface area contributed by atoms with E-state index in [1.54, 1.807) is 35.6 Å². The van der Waals surface area contributed by atoms with Gasteiger partial charge in [0.1, 0.15) is 10.6 Å². The van der Waals surface area contributed by atoms with E-state index in [0.29, 0.717) is 22.0 Å². The molecule has 1 amide bonds. The lowest BCUT2D eigenvalue weighted by atomic mass is 10.0. The molecule has 1 unspecified atom stereocenters. The van der Waals surface area contributed by atoms with E-state index < -0.39 is 35.6 Å². The van der Waals surface area contributed by atoms with Crippen LogP contribution in [0.5, 0.6) is 0 Å². The summed E-state index contributed by atoms with van der Waals surface area (Å²) in [7, 11) is 0. The minimum absolute atomic E-state index is 0.242. The molecular weight excluding hydrogens is 526 g/mol. The molecule has 0 aliphatic carbocycles. The van der Waals surface area contributed by atoms with E-state index in [1.807, 2.05) is 0 Å². The van der Waals surface area contributed by atoms with Gasteiger partial charge in [-0.3, -0.25) is 14.2 Å². The van der Waals surface area contributed by atoms with Gasteiger partial charge in [0.2, 0.25) is 0 Å². The van der Waals surface area contributed by atoms with E-state index in [9.17, 15) is 28.4 Å². The van der Waals surface area contributed by atoms with Crippen LogP contribution >= 0.6 is 27.7 Å². The summed E-state index contributed by atoms with van der Waals surface area (Å²) in [4.78, 5) is 37.9. The number of thioether (sulfide) groups is 1. The van der Waals surface area contributed by atoms with Gasteiger partial charge in [-0.05, 0) is 39.8 Å². The first-order valence-corrected chi connectivity index (χ1v) is 10.6. The fourth-order valence-electron chi connectivity index (χ4n) is 2.96. The van der Waals surface area contributed by atoms with Crippen molar-refractivity contribution in [2.45, 2.75) is 22.9 Å². The summed E-state index contributed by atoms with van der Waals surface area (Å²) in [6.45, 7) is 0. The van der Waals surface area contributed by atoms with E-state index in [2.05, 4.69) is 27.0 Å². The van der Waals surface area contributed by atoms with Crippen molar-refractivity contribution in [3.8, 4) is 11.8 Å². The molecule has 170 valence electrons. The number of carboxylic acid groups (broad SMARTS) is 2. The second-order valence-corrected chi connectivity index (χ2v) is 8.46. The quantitative estimate of drug-likeness (QED) is 0.370. The highest BCUT2D eigenvalue weighted by Gasteiger charge is 2.44. The Kier molecular flexibility index (Phi) is 6.99. The van der Waals surface area contributed by atoms with Crippen molar-refractivity contribution in [2.24, 2.45) is 0 Å². The number of hydrogen-bond donors (Lipinski definition) is 3. The Hall–Kier alpha value is -3.50. The van der Waals surface area contributed by atoms with Gasteiger partial charge in [0, 0.05) is 10.8 Å². The molecule has 0 spiro atoms. The number of rotatable bonds is 8. The zero-order valence-electron chi connectivity index (χ0n) is 16.3. The molecule has 0 bridgehead atoms. The molecule has 0 aliphatic heterocycles. The Labute approximate surface area is 197 Å². The number of fused-ring (bicyclic) bond motifs is 1. The third-order valence-electron chi connectivity index (χ3n) is 4.41. The maximum atomic E-state index is 14.7. The number of alkyl halides is 2. The monoisotopic (exact) mass is 538 g/mol. The smallest absolute Gasteiger partial charge is 0.377 e. The minimum atomic E-state index is -4.18. The van der Waals surface area contributed by atoms with Crippen molar-refractivity contribution in [2.75, 3.05) is 0 Å². The molecule has 0 saturated carbocycles. The van der Waals surface area contributed by atoms with Crippen molar-refractivity contribution in [3.63, 3.8) is 0 Å². The molecular formula is C20H13BrF2N4O5S. The molecule has 13 heteroatoms. The van der Waals surface area contributed by atoms with Gasteiger partial charge in [-0.2, -0.15) is 14.0 Å². The molecule has 0 radical (unpaired) electrons. The van der Waals surface area contributed by atoms with Crippen LogP contribution in [-0.2, 0) is 14.4 Å². The first-order chi connectivity index (χ1) is 15.5. The number of hydrogen-bond acceptors (Lipinski definition) is 6. The largest absolute Gasteiger partial charge is 0.481 e. The van der Waals surface area contributed by atoms with Crippen LogP contribution in [0.1, 0.15) is 12.0 Å². The van der Waals surface area contributed by atoms with E-state index in [0.717, 1.165) is 0 Å². The number of aromatic nitrogens is 2.